The summed E-state index contributed by atoms with van der Waals surface area (Å²) in [5, 5.41) is 3.40. The number of aryl methyl sites for hydroxylation is 1. The minimum Gasteiger partial charge on any atom is -0.348 e. The summed E-state index contributed by atoms with van der Waals surface area (Å²) < 4.78 is 0. The Kier molecular flexibility index (Phi) is 5.60. The average Bonchev–Trinajstić information content (AvgIpc) is 2.31. The second-order valence-corrected chi connectivity index (χ2v) is 4.85. The van der Waals surface area contributed by atoms with E-state index in [1.165, 1.54) is 0 Å². The fraction of sp³-hybridized carbons (Fsp3) is 0.571. The minimum atomic E-state index is 0.549. The first-order chi connectivity index (χ1) is 8.54. The predicted molar refractivity (Wildman–Crippen MR) is 75.4 cm³/mol. The highest BCUT2D eigenvalue weighted by Crippen LogP contribution is 2.15. The molecule has 0 aromatic carbocycles. The summed E-state index contributed by atoms with van der Waals surface area (Å²) in [6.45, 7) is 8.55. The van der Waals surface area contributed by atoms with Crippen molar-refractivity contribution in [3.63, 3.8) is 0 Å². The van der Waals surface area contributed by atoms with E-state index in [4.69, 9.17) is 6.42 Å². The normalized spacial score (nSPS) is 10.4. The van der Waals surface area contributed by atoms with Crippen molar-refractivity contribution in [3.05, 3.63) is 17.6 Å². The molecule has 1 rings (SSSR count). The van der Waals surface area contributed by atoms with Crippen LogP contribution in [0.5, 0.6) is 0 Å². The van der Waals surface area contributed by atoms with Gasteiger partial charge in [0, 0.05) is 25.4 Å². The van der Waals surface area contributed by atoms with Crippen LogP contribution >= 0.6 is 0 Å². The van der Waals surface area contributed by atoms with Crippen molar-refractivity contribution < 1.29 is 0 Å². The van der Waals surface area contributed by atoms with Crippen LogP contribution in [-0.4, -0.2) is 30.1 Å². The summed E-state index contributed by atoms with van der Waals surface area (Å²) >= 11 is 0. The van der Waals surface area contributed by atoms with E-state index >= 15 is 0 Å². The smallest absolute Gasteiger partial charge is 0.137 e. The van der Waals surface area contributed by atoms with Gasteiger partial charge in [0.2, 0.25) is 0 Å². The van der Waals surface area contributed by atoms with Gasteiger partial charge in [-0.15, -0.1) is 6.42 Å². The fourth-order valence-corrected chi connectivity index (χ4v) is 1.65. The van der Waals surface area contributed by atoms with Crippen LogP contribution in [-0.2, 0) is 6.54 Å². The van der Waals surface area contributed by atoms with Crippen molar-refractivity contribution in [3.8, 4) is 12.3 Å². The van der Waals surface area contributed by atoms with E-state index in [9.17, 15) is 0 Å². The molecule has 1 heterocycles. The number of terminal acetylenes is 1. The number of anilines is 1. The van der Waals surface area contributed by atoms with E-state index in [2.05, 4.69) is 35.1 Å². The lowest BCUT2D eigenvalue weighted by Gasteiger charge is -2.19. The van der Waals surface area contributed by atoms with Crippen molar-refractivity contribution in [1.29, 1.82) is 0 Å². The second-order valence-electron chi connectivity index (χ2n) is 4.85. The van der Waals surface area contributed by atoms with Gasteiger partial charge in [-0.2, -0.15) is 0 Å². The van der Waals surface area contributed by atoms with Gasteiger partial charge in [0.15, 0.2) is 0 Å². The summed E-state index contributed by atoms with van der Waals surface area (Å²) in [5.74, 6) is 4.94. The lowest BCUT2D eigenvalue weighted by molar-refractivity contribution is 0.551. The van der Waals surface area contributed by atoms with Gasteiger partial charge < -0.3 is 10.2 Å². The summed E-state index contributed by atoms with van der Waals surface area (Å²) in [6, 6.07) is 0. The minimum absolute atomic E-state index is 0.549. The Bertz CT molecular complexity index is 420. The van der Waals surface area contributed by atoms with Crippen LogP contribution in [0.15, 0.2) is 6.20 Å². The molecule has 0 fully saturated rings. The topological polar surface area (TPSA) is 41.1 Å². The molecular formula is C14H22N4. The molecule has 0 radical (unpaired) electrons. The van der Waals surface area contributed by atoms with E-state index in [1.807, 2.05) is 25.1 Å². The Balaban J connectivity index is 2.80. The third-order valence-corrected chi connectivity index (χ3v) is 2.52. The third kappa shape index (κ3) is 4.34. The Morgan fingerprint density at radius 1 is 1.50 bits per heavy atom. The zero-order valence-electron chi connectivity index (χ0n) is 11.7. The molecular weight excluding hydrogens is 224 g/mol. The van der Waals surface area contributed by atoms with Gasteiger partial charge in [0.1, 0.15) is 11.6 Å². The van der Waals surface area contributed by atoms with E-state index in [1.54, 1.807) is 0 Å². The van der Waals surface area contributed by atoms with Crippen molar-refractivity contribution in [2.24, 2.45) is 5.92 Å². The molecule has 1 N–H and O–H groups in total. The summed E-state index contributed by atoms with van der Waals surface area (Å²) in [4.78, 5) is 10.7. The van der Waals surface area contributed by atoms with Crippen LogP contribution in [0.2, 0.25) is 0 Å². The van der Waals surface area contributed by atoms with Crippen LogP contribution in [0.25, 0.3) is 0 Å². The zero-order chi connectivity index (χ0) is 13.5. The summed E-state index contributed by atoms with van der Waals surface area (Å²) in [6.07, 6.45) is 7.22. The van der Waals surface area contributed by atoms with Gasteiger partial charge in [0.25, 0.3) is 0 Å². The number of nitrogens with one attached hydrogen (secondary N) is 1. The Morgan fingerprint density at radius 2 is 2.22 bits per heavy atom. The van der Waals surface area contributed by atoms with Crippen molar-refractivity contribution in [1.82, 2.24) is 15.3 Å². The Labute approximate surface area is 110 Å². The number of hydrogen-bond acceptors (Lipinski definition) is 4. The van der Waals surface area contributed by atoms with Gasteiger partial charge in [-0.25, -0.2) is 9.97 Å². The molecule has 4 heteroatoms. The molecule has 4 nitrogen and oxygen atoms in total. The molecule has 0 saturated carbocycles. The Hall–Kier alpha value is -1.60. The standard InChI is InChI=1S/C14H22N4/c1-6-7-18(5)14-13(9-15-8-11(2)3)10-16-12(4)17-14/h1,10-11,15H,7-9H2,2-5H3. The molecule has 0 spiro atoms. The first-order valence-electron chi connectivity index (χ1n) is 6.22. The van der Waals surface area contributed by atoms with E-state index < -0.39 is 0 Å². The van der Waals surface area contributed by atoms with Gasteiger partial charge in [-0.05, 0) is 19.4 Å². The molecule has 0 saturated heterocycles. The summed E-state index contributed by atoms with van der Waals surface area (Å²) in [7, 11) is 1.95. The molecule has 1 aromatic rings. The van der Waals surface area contributed by atoms with Crippen molar-refractivity contribution in [2.75, 3.05) is 25.0 Å². The van der Waals surface area contributed by atoms with Gasteiger partial charge >= 0.3 is 0 Å². The molecule has 0 aliphatic rings. The van der Waals surface area contributed by atoms with Crippen LogP contribution < -0.4 is 10.2 Å². The quantitative estimate of drug-likeness (QED) is 0.774. The molecule has 0 atom stereocenters. The maximum atomic E-state index is 5.34. The van der Waals surface area contributed by atoms with Crippen molar-refractivity contribution in [2.45, 2.75) is 27.3 Å². The molecule has 0 aliphatic carbocycles. The van der Waals surface area contributed by atoms with Gasteiger partial charge in [-0.3, -0.25) is 0 Å². The van der Waals surface area contributed by atoms with E-state index in [0.29, 0.717) is 12.5 Å². The monoisotopic (exact) mass is 246 g/mol. The molecule has 0 amide bonds. The fourth-order valence-electron chi connectivity index (χ4n) is 1.65. The van der Waals surface area contributed by atoms with E-state index in [0.717, 1.165) is 30.3 Å². The molecule has 0 unspecified atom stereocenters. The number of nitrogens with zero attached hydrogens (tertiary/aromatic N) is 3. The largest absolute Gasteiger partial charge is 0.348 e. The number of rotatable bonds is 6. The van der Waals surface area contributed by atoms with Crippen LogP contribution in [0.1, 0.15) is 25.2 Å². The highest BCUT2D eigenvalue weighted by molar-refractivity contribution is 5.46. The molecule has 1 aromatic heterocycles. The first kappa shape index (κ1) is 14.5. The highest BCUT2D eigenvalue weighted by Gasteiger charge is 2.09. The average molecular weight is 246 g/mol. The lowest BCUT2D eigenvalue weighted by atomic mass is 10.2. The van der Waals surface area contributed by atoms with E-state index in [-0.39, 0.29) is 0 Å². The second kappa shape index (κ2) is 6.97. The number of aromatic nitrogens is 2. The van der Waals surface area contributed by atoms with Crippen LogP contribution in [0.3, 0.4) is 0 Å². The van der Waals surface area contributed by atoms with Gasteiger partial charge in [-0.1, -0.05) is 19.8 Å². The third-order valence-electron chi connectivity index (χ3n) is 2.52. The predicted octanol–water partition coefficient (Wildman–Crippen LogP) is 1.60. The summed E-state index contributed by atoms with van der Waals surface area (Å²) in [5.41, 5.74) is 1.08. The van der Waals surface area contributed by atoms with Crippen LogP contribution in [0.4, 0.5) is 5.82 Å². The maximum absolute atomic E-state index is 5.34. The molecule has 98 valence electrons. The van der Waals surface area contributed by atoms with Gasteiger partial charge in [0.05, 0.1) is 6.54 Å². The maximum Gasteiger partial charge on any atom is 0.137 e. The first-order valence-corrected chi connectivity index (χ1v) is 6.22. The molecule has 0 bridgehead atoms. The van der Waals surface area contributed by atoms with Crippen LogP contribution in [0, 0.1) is 25.2 Å². The molecule has 18 heavy (non-hydrogen) atoms. The highest BCUT2D eigenvalue weighted by atomic mass is 15.2. The van der Waals surface area contributed by atoms with Crippen molar-refractivity contribution >= 4 is 5.82 Å². The SMILES string of the molecule is C#CCN(C)c1nc(C)ncc1CNCC(C)C. The Morgan fingerprint density at radius 3 is 2.83 bits per heavy atom. The molecule has 0 aliphatic heterocycles. The zero-order valence-corrected chi connectivity index (χ0v) is 11.7. The lowest BCUT2D eigenvalue weighted by Crippen LogP contribution is -2.24. The number of hydrogen-bond donors (Lipinski definition) is 1.